The van der Waals surface area contributed by atoms with Crippen molar-refractivity contribution < 1.29 is 19.4 Å². The minimum Gasteiger partial charge on any atom is -0.477 e. The number of rotatable bonds is 5. The number of aromatic amines is 2. The van der Waals surface area contributed by atoms with Crippen molar-refractivity contribution in [1.82, 2.24) is 9.97 Å². The fraction of sp³-hybridized carbons (Fsp3) is 0.167. The van der Waals surface area contributed by atoms with E-state index in [1.807, 2.05) is 30.7 Å². The Bertz CT molecular complexity index is 1490. The van der Waals surface area contributed by atoms with Crippen LogP contribution in [0.4, 0.5) is 0 Å². The number of fused-ring (bicyclic) bond motifs is 2. The number of H-pyrrole nitrogens is 2. The summed E-state index contributed by atoms with van der Waals surface area (Å²) in [4.78, 5) is 54.1. The first-order valence-electron chi connectivity index (χ1n) is 10.1. The molecule has 2 aromatic heterocycles. The highest BCUT2D eigenvalue weighted by Crippen LogP contribution is 2.19. The second-order valence-corrected chi connectivity index (χ2v) is 8.67. The van der Waals surface area contributed by atoms with Crippen LogP contribution >= 0.6 is 23.5 Å². The zero-order valence-electron chi connectivity index (χ0n) is 18.6. The van der Waals surface area contributed by atoms with E-state index in [1.165, 1.54) is 24.2 Å². The molecular formula is C24H22N2O6S2. The van der Waals surface area contributed by atoms with Crippen molar-refractivity contribution in [2.24, 2.45) is 0 Å². The minimum atomic E-state index is -1.21. The number of pyridine rings is 2. The number of benzene rings is 2. The number of esters is 1. The first-order chi connectivity index (χ1) is 16.3. The van der Waals surface area contributed by atoms with E-state index in [0.29, 0.717) is 21.8 Å². The van der Waals surface area contributed by atoms with E-state index in [0.717, 1.165) is 9.79 Å². The summed E-state index contributed by atoms with van der Waals surface area (Å²) < 4.78 is 4.85. The number of nitrogens with one attached hydrogen (secondary N) is 2. The molecule has 3 N–H and O–H groups in total. The molecule has 2 heterocycles. The normalized spacial score (nSPS) is 10.6. The Morgan fingerprint density at radius 3 is 1.76 bits per heavy atom. The van der Waals surface area contributed by atoms with E-state index < -0.39 is 17.4 Å². The molecule has 0 amide bonds. The standard InChI is InChI=1S/C13H13NO3S.C11H9NO3S/c1-3-17-13(16)10-7-14-11-5-4-8(18-2)6-9(11)12(10)15;1-16-6-2-3-9-7(4-6)10(13)8(5-12-9)11(14)15/h4-7H,3H2,1-2H3,(H,14,15);2-5H,1H3,(H,12,13)(H,14,15). The molecule has 2 aromatic carbocycles. The van der Waals surface area contributed by atoms with Crippen molar-refractivity contribution in [1.29, 1.82) is 0 Å². The van der Waals surface area contributed by atoms with Gasteiger partial charge in [0.25, 0.3) is 0 Å². The van der Waals surface area contributed by atoms with Gasteiger partial charge in [0.2, 0.25) is 10.9 Å². The van der Waals surface area contributed by atoms with Gasteiger partial charge in [-0.15, -0.1) is 23.5 Å². The average molecular weight is 499 g/mol. The van der Waals surface area contributed by atoms with Gasteiger partial charge in [0, 0.05) is 44.0 Å². The first-order valence-corrected chi connectivity index (χ1v) is 12.5. The predicted octanol–water partition coefficient (Wildman–Crippen LogP) is 4.37. The fourth-order valence-corrected chi connectivity index (χ4v) is 4.05. The number of carbonyl (C=O) groups excluding carboxylic acids is 1. The van der Waals surface area contributed by atoms with Crippen LogP contribution in [-0.2, 0) is 4.74 Å². The summed E-state index contributed by atoms with van der Waals surface area (Å²) in [6.45, 7) is 1.96. The van der Waals surface area contributed by atoms with Gasteiger partial charge >= 0.3 is 11.9 Å². The summed E-state index contributed by atoms with van der Waals surface area (Å²) in [6.07, 6.45) is 6.47. The topological polar surface area (TPSA) is 129 Å². The molecule has 176 valence electrons. The van der Waals surface area contributed by atoms with Crippen LogP contribution in [0.3, 0.4) is 0 Å². The number of aromatic carboxylic acids is 1. The molecule has 0 unspecified atom stereocenters. The largest absolute Gasteiger partial charge is 0.477 e. The molecule has 34 heavy (non-hydrogen) atoms. The van der Waals surface area contributed by atoms with Crippen molar-refractivity contribution in [2.45, 2.75) is 16.7 Å². The first kappa shape index (κ1) is 25.1. The van der Waals surface area contributed by atoms with E-state index in [1.54, 1.807) is 36.9 Å². The van der Waals surface area contributed by atoms with Crippen LogP contribution in [0.15, 0.2) is 68.2 Å². The highest BCUT2D eigenvalue weighted by atomic mass is 32.2. The van der Waals surface area contributed by atoms with E-state index in [-0.39, 0.29) is 23.2 Å². The lowest BCUT2D eigenvalue weighted by molar-refractivity contribution is 0.0524. The molecule has 0 atom stereocenters. The smallest absolute Gasteiger partial charge is 0.343 e. The highest BCUT2D eigenvalue weighted by Gasteiger charge is 2.14. The Labute approximate surface area is 202 Å². The molecule has 0 saturated heterocycles. The predicted molar refractivity (Wildman–Crippen MR) is 136 cm³/mol. The number of carbonyl (C=O) groups is 2. The monoisotopic (exact) mass is 498 g/mol. The van der Waals surface area contributed by atoms with Gasteiger partial charge in [0.05, 0.1) is 6.61 Å². The molecule has 4 aromatic rings. The second kappa shape index (κ2) is 11.1. The SMILES string of the molecule is CCOC(=O)c1c[nH]c2ccc(SC)cc2c1=O.CSc1ccc2[nH]cc(C(=O)O)c(=O)c2c1. The molecule has 0 fully saturated rings. The van der Waals surface area contributed by atoms with Crippen molar-refractivity contribution in [3.05, 3.63) is 80.4 Å². The molecule has 4 rings (SSSR count). The zero-order chi connectivity index (χ0) is 24.8. The van der Waals surface area contributed by atoms with E-state index in [2.05, 4.69) is 9.97 Å². The van der Waals surface area contributed by atoms with Crippen molar-refractivity contribution in [3.8, 4) is 0 Å². The van der Waals surface area contributed by atoms with Gasteiger partial charge in [0.15, 0.2) is 0 Å². The van der Waals surface area contributed by atoms with Crippen molar-refractivity contribution in [3.63, 3.8) is 0 Å². The van der Waals surface area contributed by atoms with Crippen LogP contribution in [0.25, 0.3) is 21.8 Å². The third-order valence-corrected chi connectivity index (χ3v) is 6.35. The minimum absolute atomic E-state index is 0.0441. The van der Waals surface area contributed by atoms with E-state index >= 15 is 0 Å². The summed E-state index contributed by atoms with van der Waals surface area (Å²) in [7, 11) is 0. The number of hydrogen-bond acceptors (Lipinski definition) is 7. The Kier molecular flexibility index (Phi) is 8.19. The number of carboxylic acid groups (broad SMARTS) is 1. The van der Waals surface area contributed by atoms with Gasteiger partial charge in [-0.3, -0.25) is 9.59 Å². The lowest BCUT2D eigenvalue weighted by Crippen LogP contribution is -2.18. The van der Waals surface area contributed by atoms with Crippen LogP contribution in [0.5, 0.6) is 0 Å². The maximum atomic E-state index is 12.2. The van der Waals surface area contributed by atoms with Gasteiger partial charge in [-0.05, 0) is 55.8 Å². The third-order valence-electron chi connectivity index (χ3n) is 4.90. The number of ether oxygens (including phenoxy) is 1. The summed E-state index contributed by atoms with van der Waals surface area (Å²) in [6, 6.07) is 10.9. The molecule has 10 heteroatoms. The highest BCUT2D eigenvalue weighted by molar-refractivity contribution is 7.98. The fourth-order valence-electron chi connectivity index (χ4n) is 3.17. The molecule has 0 spiro atoms. The molecule has 0 radical (unpaired) electrons. The molecular weight excluding hydrogens is 476 g/mol. The van der Waals surface area contributed by atoms with Crippen LogP contribution < -0.4 is 10.9 Å². The van der Waals surface area contributed by atoms with Crippen molar-refractivity contribution in [2.75, 3.05) is 19.1 Å². The van der Waals surface area contributed by atoms with E-state index in [4.69, 9.17) is 9.84 Å². The Hall–Kier alpha value is -3.50. The molecule has 0 saturated carbocycles. The number of hydrogen-bond donors (Lipinski definition) is 3. The van der Waals surface area contributed by atoms with Crippen LogP contribution in [0, 0.1) is 0 Å². The molecule has 0 bridgehead atoms. The average Bonchev–Trinajstić information content (AvgIpc) is 2.84. The summed E-state index contributed by atoms with van der Waals surface area (Å²) in [5.74, 6) is -1.80. The molecule has 8 nitrogen and oxygen atoms in total. The van der Waals surface area contributed by atoms with Gasteiger partial charge in [-0.1, -0.05) is 0 Å². The lowest BCUT2D eigenvalue weighted by Gasteiger charge is -2.04. The molecule has 0 aliphatic carbocycles. The Morgan fingerprint density at radius 2 is 1.32 bits per heavy atom. The third kappa shape index (κ3) is 5.35. The van der Waals surface area contributed by atoms with Crippen LogP contribution in [0.1, 0.15) is 27.6 Å². The summed E-state index contributed by atoms with van der Waals surface area (Å²) in [5.41, 5.74) is 0.433. The lowest BCUT2D eigenvalue weighted by atomic mass is 10.1. The van der Waals surface area contributed by atoms with Crippen LogP contribution in [-0.4, -0.2) is 46.1 Å². The van der Waals surface area contributed by atoms with Gasteiger partial charge in [-0.2, -0.15) is 0 Å². The molecule has 0 aliphatic heterocycles. The van der Waals surface area contributed by atoms with Gasteiger partial charge < -0.3 is 19.8 Å². The van der Waals surface area contributed by atoms with E-state index in [9.17, 15) is 19.2 Å². The summed E-state index contributed by atoms with van der Waals surface area (Å²) >= 11 is 3.05. The number of thioether (sulfide) groups is 2. The number of carboxylic acids is 1. The summed E-state index contributed by atoms with van der Waals surface area (Å²) in [5, 5.41) is 9.74. The van der Waals surface area contributed by atoms with Gasteiger partial charge in [0.1, 0.15) is 11.1 Å². The zero-order valence-corrected chi connectivity index (χ0v) is 20.3. The maximum absolute atomic E-state index is 12.2. The van der Waals surface area contributed by atoms with Gasteiger partial charge in [-0.25, -0.2) is 9.59 Å². The maximum Gasteiger partial charge on any atom is 0.343 e. The Morgan fingerprint density at radius 1 is 0.853 bits per heavy atom. The van der Waals surface area contributed by atoms with Crippen molar-refractivity contribution >= 4 is 57.3 Å². The number of aromatic nitrogens is 2. The quantitative estimate of drug-likeness (QED) is 0.273. The second-order valence-electron chi connectivity index (χ2n) is 6.91. The molecule has 0 aliphatic rings. The Balaban J connectivity index is 0.000000192. The van der Waals surface area contributed by atoms with Crippen LogP contribution in [0.2, 0.25) is 0 Å².